The van der Waals surface area contributed by atoms with Crippen molar-refractivity contribution in [1.82, 2.24) is 10.6 Å². The molecule has 94 heavy (non-hydrogen) atoms. The molecule has 1 saturated carbocycles. The lowest BCUT2D eigenvalue weighted by atomic mass is 9.81. The first-order valence-corrected chi connectivity index (χ1v) is 36.2. The van der Waals surface area contributed by atoms with Gasteiger partial charge in [-0.3, -0.25) is 0 Å². The Bertz CT molecular complexity index is 2070. The second-order valence-electron chi connectivity index (χ2n) is 24.3. The van der Waals surface area contributed by atoms with Crippen molar-refractivity contribution in [2.24, 2.45) is 17.3 Å². The number of rotatable bonds is 38. The van der Waals surface area contributed by atoms with Gasteiger partial charge in [0.25, 0.3) is 0 Å². The molecule has 22 N–H and O–H groups in total. The van der Waals surface area contributed by atoms with E-state index < -0.39 is 220 Å². The molecule has 0 radical (unpaired) electrons. The predicted octanol–water partition coefficient (Wildman–Crippen LogP) is -8.97. The standard InChI is InChI=1S/C56H102N2O31S5/c1-25-32(84-50(43(74)33(25)64)88-48-26(15-59)14-27(79-2)34(65)41(48)72)20-91-13-6-57-55(90)58-21-56(22-80-7-3-10-92-52-45(76)39(70)36(67)29(17-61)85-52,23-81-8-4-11-93-53-46(77)40(71)37(68)30(18-62)86-53)24-82-9-5-12-94-54-47(78)42(73)49(31(19-63)87-54)89-51-44(75)38(69)35(66)28(16-60)83-51/h25-54,59-78H,3-24H2,1-2H3,(H2,57,58,90)/t25?,26?,27-,28?,29?,30?,31?,32?,33?,34?,35+,36+,37+,38+,39+,40+,41?,42-,43?,44?,45?,46?,47?,48?,49+,50+,51+,52+,53+,54+,56?/m1/s1. The van der Waals surface area contributed by atoms with Gasteiger partial charge < -0.3 is 165 Å². The molecule has 0 aromatic rings. The number of ether oxygens (including phenoxy) is 11. The highest BCUT2D eigenvalue weighted by Crippen LogP contribution is 2.37. The molecule has 0 spiro atoms. The summed E-state index contributed by atoms with van der Waals surface area (Å²) in [6.45, 7) is -0.455. The summed E-state index contributed by atoms with van der Waals surface area (Å²) < 4.78 is 64.7. The van der Waals surface area contributed by atoms with Crippen molar-refractivity contribution in [3.63, 3.8) is 0 Å². The van der Waals surface area contributed by atoms with Crippen LogP contribution >= 0.6 is 59.3 Å². The van der Waals surface area contributed by atoms with Gasteiger partial charge in [0, 0.05) is 70.0 Å². The van der Waals surface area contributed by atoms with Crippen LogP contribution in [0.5, 0.6) is 0 Å². The number of aliphatic hydroxyl groups is 20. The van der Waals surface area contributed by atoms with Gasteiger partial charge in [0.1, 0.15) is 132 Å². The quantitative estimate of drug-likeness (QED) is 0.0202. The van der Waals surface area contributed by atoms with E-state index in [4.69, 9.17) is 64.3 Å². The highest BCUT2D eigenvalue weighted by molar-refractivity contribution is 8.00. The van der Waals surface area contributed by atoms with Crippen molar-refractivity contribution in [2.45, 2.75) is 202 Å². The van der Waals surface area contributed by atoms with Crippen molar-refractivity contribution in [3.8, 4) is 0 Å². The molecule has 0 amide bonds. The summed E-state index contributed by atoms with van der Waals surface area (Å²) >= 11 is 10.6. The fraction of sp³-hybridized carbons (Fsp3) is 0.982. The lowest BCUT2D eigenvalue weighted by Crippen LogP contribution is -2.64. The molecule has 30 atom stereocenters. The van der Waals surface area contributed by atoms with Gasteiger partial charge in [-0.05, 0) is 55.2 Å². The maximum absolute atomic E-state index is 11.2. The van der Waals surface area contributed by atoms with Crippen LogP contribution in [0.2, 0.25) is 0 Å². The molecule has 0 bridgehead atoms. The van der Waals surface area contributed by atoms with Gasteiger partial charge in [-0.1, -0.05) is 6.92 Å². The second-order valence-corrected chi connectivity index (χ2v) is 29.5. The first-order valence-electron chi connectivity index (χ1n) is 31.4. The largest absolute Gasteiger partial charge is 0.396 e. The number of hydrogen-bond acceptors (Lipinski definition) is 36. The third kappa shape index (κ3) is 22.4. The van der Waals surface area contributed by atoms with Crippen LogP contribution in [0.15, 0.2) is 0 Å². The minimum atomic E-state index is -1.83. The molecule has 16 unspecified atom stereocenters. The predicted molar refractivity (Wildman–Crippen MR) is 339 cm³/mol. The summed E-state index contributed by atoms with van der Waals surface area (Å²) in [5, 5.41) is 215. The van der Waals surface area contributed by atoms with Crippen molar-refractivity contribution in [1.29, 1.82) is 0 Å². The Hall–Kier alpha value is -0.150. The second kappa shape index (κ2) is 41.2. The number of thioether (sulfide) groups is 4. The molecule has 0 aromatic carbocycles. The third-order valence-electron chi connectivity index (χ3n) is 17.4. The molecule has 6 rings (SSSR count). The third-order valence-corrected chi connectivity index (χ3v) is 22.5. The zero-order valence-electron chi connectivity index (χ0n) is 52.4. The Kier molecular flexibility index (Phi) is 36.3. The van der Waals surface area contributed by atoms with Crippen LogP contribution in [-0.2, 0) is 52.1 Å². The minimum absolute atomic E-state index is 0.00585. The van der Waals surface area contributed by atoms with Crippen LogP contribution in [0.1, 0.15) is 32.6 Å². The molecule has 5 aliphatic heterocycles. The zero-order chi connectivity index (χ0) is 69.0. The van der Waals surface area contributed by atoms with Gasteiger partial charge in [0.15, 0.2) is 17.7 Å². The van der Waals surface area contributed by atoms with E-state index >= 15 is 0 Å². The summed E-state index contributed by atoms with van der Waals surface area (Å²) in [6, 6.07) is 0. The Morgan fingerprint density at radius 1 is 0.457 bits per heavy atom. The summed E-state index contributed by atoms with van der Waals surface area (Å²) in [4.78, 5) is 0. The van der Waals surface area contributed by atoms with Crippen molar-refractivity contribution in [3.05, 3.63) is 0 Å². The van der Waals surface area contributed by atoms with Gasteiger partial charge in [0.05, 0.1) is 76.1 Å². The van der Waals surface area contributed by atoms with Crippen LogP contribution in [-0.4, -0.2) is 398 Å². The van der Waals surface area contributed by atoms with E-state index in [0.29, 0.717) is 48.8 Å². The van der Waals surface area contributed by atoms with Gasteiger partial charge in [-0.15, -0.1) is 35.3 Å². The Morgan fingerprint density at radius 2 is 0.872 bits per heavy atom. The van der Waals surface area contributed by atoms with E-state index in [9.17, 15) is 102 Å². The van der Waals surface area contributed by atoms with E-state index in [1.807, 2.05) is 0 Å². The molecule has 0 aromatic heterocycles. The van der Waals surface area contributed by atoms with Crippen LogP contribution in [0, 0.1) is 17.3 Å². The number of nitrogens with one attached hydrogen (secondary N) is 2. The lowest BCUT2D eigenvalue weighted by molar-refractivity contribution is -0.338. The van der Waals surface area contributed by atoms with Crippen molar-refractivity contribution < 1.29 is 154 Å². The highest BCUT2D eigenvalue weighted by atomic mass is 32.2. The monoisotopic (exact) mass is 1460 g/mol. The van der Waals surface area contributed by atoms with Crippen molar-refractivity contribution in [2.75, 3.05) is 122 Å². The van der Waals surface area contributed by atoms with E-state index in [-0.39, 0.29) is 63.5 Å². The molecule has 552 valence electrons. The first kappa shape index (κ1) is 82.8. The molecule has 33 nitrogen and oxygen atoms in total. The maximum Gasteiger partial charge on any atom is 0.187 e. The number of methoxy groups -OCH3 is 1. The van der Waals surface area contributed by atoms with E-state index in [1.165, 1.54) is 18.9 Å². The van der Waals surface area contributed by atoms with Gasteiger partial charge in [-0.2, -0.15) is 11.8 Å². The molecule has 1 aliphatic carbocycles. The van der Waals surface area contributed by atoms with E-state index in [1.54, 1.807) is 6.92 Å². The van der Waals surface area contributed by atoms with Gasteiger partial charge >= 0.3 is 0 Å². The average molecular weight is 1460 g/mol. The number of hydrogen-bond donors (Lipinski definition) is 22. The minimum Gasteiger partial charge on any atom is -0.396 e. The van der Waals surface area contributed by atoms with Gasteiger partial charge in [0.2, 0.25) is 0 Å². The molecule has 5 heterocycles. The molecule has 6 fully saturated rings. The Balaban J connectivity index is 1.07. The fourth-order valence-electron chi connectivity index (χ4n) is 11.5. The SMILES string of the molecule is CO[C@@H]1CC(CO)C(O[C@@H]2OC(CSCCNC(=S)NCC(COCCCS[C@@H]3OC(CO)[C@H](O)[C@H](O)C3O)(COCCCS[C@@H]3OC(CO)[C@H](O)[C@H](O)C3O)COCCCS[C@@H]3OC(CO)[C@H](O[C@@H]4OC(CO)[C@H](O)[C@H](O)C4O)[C@H](O)C3O)C(C)C(O)C2O)C(O)C1O. The zero-order valence-corrected chi connectivity index (χ0v) is 56.4. The number of aliphatic hydroxyl groups excluding tert-OH is 20. The van der Waals surface area contributed by atoms with Crippen LogP contribution in [0.25, 0.3) is 0 Å². The van der Waals surface area contributed by atoms with E-state index in [2.05, 4.69) is 10.6 Å². The number of thiocarbonyl (C=S) groups is 1. The van der Waals surface area contributed by atoms with Gasteiger partial charge in [-0.25, -0.2) is 0 Å². The molecule has 5 saturated heterocycles. The summed E-state index contributed by atoms with van der Waals surface area (Å²) in [7, 11) is 1.37. The average Bonchev–Trinajstić information content (AvgIpc) is 0.833. The summed E-state index contributed by atoms with van der Waals surface area (Å²) in [5.74, 6) is 0.578. The lowest BCUT2D eigenvalue weighted by Gasteiger charge is -2.46. The van der Waals surface area contributed by atoms with E-state index in [0.717, 1.165) is 35.3 Å². The Labute approximate surface area is 567 Å². The smallest absolute Gasteiger partial charge is 0.187 e. The Morgan fingerprint density at radius 3 is 1.34 bits per heavy atom. The molecular weight excluding hydrogens is 1360 g/mol. The highest BCUT2D eigenvalue weighted by Gasteiger charge is 2.53. The molecule has 38 heteroatoms. The molecule has 6 aliphatic rings. The molecular formula is C56H102N2O31S5. The van der Waals surface area contributed by atoms with Crippen molar-refractivity contribution >= 4 is 64.4 Å². The van der Waals surface area contributed by atoms with Crippen LogP contribution in [0.3, 0.4) is 0 Å². The van der Waals surface area contributed by atoms with Crippen LogP contribution in [0.4, 0.5) is 0 Å². The summed E-state index contributed by atoms with van der Waals surface area (Å²) in [5.41, 5.74) is -4.03. The normalized spacial score (nSPS) is 42.1. The summed E-state index contributed by atoms with van der Waals surface area (Å²) in [6.07, 6.45) is -33.8. The first-order chi connectivity index (χ1) is 44.9. The maximum atomic E-state index is 11.2. The topological polar surface area (TPSA) is 530 Å². The fourth-order valence-corrected chi connectivity index (χ4v) is 16.0. The van der Waals surface area contributed by atoms with Crippen LogP contribution < -0.4 is 10.6 Å².